The SMILES string of the molecule is CC(=O)Nc1cc(NC#N)ccc1C. The Bertz CT molecular complexity index is 393. The lowest BCUT2D eigenvalue weighted by molar-refractivity contribution is -0.114. The zero-order chi connectivity index (χ0) is 10.6. The van der Waals surface area contributed by atoms with Crippen molar-refractivity contribution in [2.24, 2.45) is 0 Å². The van der Waals surface area contributed by atoms with Crippen molar-refractivity contribution < 1.29 is 4.79 Å². The van der Waals surface area contributed by atoms with Gasteiger partial charge in [0.1, 0.15) is 0 Å². The molecular weight excluding hydrogens is 178 g/mol. The second-order valence-corrected chi connectivity index (χ2v) is 2.95. The Morgan fingerprint density at radius 2 is 2.21 bits per heavy atom. The number of aryl methyl sites for hydroxylation is 1. The molecule has 0 aromatic heterocycles. The fraction of sp³-hybridized carbons (Fsp3) is 0.200. The molecule has 1 amide bonds. The fourth-order valence-electron chi connectivity index (χ4n) is 1.09. The highest BCUT2D eigenvalue weighted by atomic mass is 16.1. The summed E-state index contributed by atoms with van der Waals surface area (Å²) in [7, 11) is 0. The van der Waals surface area contributed by atoms with Crippen LogP contribution in [0.3, 0.4) is 0 Å². The Morgan fingerprint density at radius 1 is 1.50 bits per heavy atom. The molecule has 0 heterocycles. The smallest absolute Gasteiger partial charge is 0.221 e. The molecule has 14 heavy (non-hydrogen) atoms. The number of anilines is 2. The van der Waals surface area contributed by atoms with Crippen LogP contribution in [0.5, 0.6) is 0 Å². The maximum atomic E-state index is 10.8. The topological polar surface area (TPSA) is 64.9 Å². The Kier molecular flexibility index (Phi) is 3.08. The van der Waals surface area contributed by atoms with Gasteiger partial charge >= 0.3 is 0 Å². The van der Waals surface area contributed by atoms with E-state index in [1.807, 2.05) is 19.2 Å². The largest absolute Gasteiger partial charge is 0.326 e. The Hall–Kier alpha value is -2.02. The summed E-state index contributed by atoms with van der Waals surface area (Å²) in [4.78, 5) is 10.8. The molecule has 72 valence electrons. The van der Waals surface area contributed by atoms with Crippen molar-refractivity contribution in [2.75, 3.05) is 10.6 Å². The number of nitriles is 1. The first kappa shape index (κ1) is 10.1. The summed E-state index contributed by atoms with van der Waals surface area (Å²) < 4.78 is 0. The fourth-order valence-corrected chi connectivity index (χ4v) is 1.09. The van der Waals surface area contributed by atoms with E-state index in [1.165, 1.54) is 6.92 Å². The highest BCUT2D eigenvalue weighted by Gasteiger charge is 2.01. The van der Waals surface area contributed by atoms with Gasteiger partial charge < -0.3 is 5.32 Å². The van der Waals surface area contributed by atoms with Crippen molar-refractivity contribution in [1.82, 2.24) is 0 Å². The minimum absolute atomic E-state index is 0.123. The van der Waals surface area contributed by atoms with Crippen LogP contribution in [0.2, 0.25) is 0 Å². The molecule has 0 aliphatic rings. The van der Waals surface area contributed by atoms with Crippen LogP contribution in [0.25, 0.3) is 0 Å². The van der Waals surface area contributed by atoms with Gasteiger partial charge in [0, 0.05) is 18.3 Å². The van der Waals surface area contributed by atoms with Crippen molar-refractivity contribution in [3.8, 4) is 6.19 Å². The van der Waals surface area contributed by atoms with Gasteiger partial charge in [-0.2, -0.15) is 5.26 Å². The number of amides is 1. The lowest BCUT2D eigenvalue weighted by Crippen LogP contribution is -2.07. The molecule has 0 spiro atoms. The summed E-state index contributed by atoms with van der Waals surface area (Å²) in [5, 5.41) is 13.6. The highest BCUT2D eigenvalue weighted by Crippen LogP contribution is 2.19. The molecule has 0 atom stereocenters. The maximum Gasteiger partial charge on any atom is 0.221 e. The molecule has 4 nitrogen and oxygen atoms in total. The first-order valence-corrected chi connectivity index (χ1v) is 4.17. The van der Waals surface area contributed by atoms with E-state index in [-0.39, 0.29) is 5.91 Å². The highest BCUT2D eigenvalue weighted by molar-refractivity contribution is 5.90. The predicted octanol–water partition coefficient (Wildman–Crippen LogP) is 1.85. The van der Waals surface area contributed by atoms with E-state index in [0.29, 0.717) is 5.69 Å². The summed E-state index contributed by atoms with van der Waals surface area (Å²) in [6, 6.07) is 5.34. The van der Waals surface area contributed by atoms with Gasteiger partial charge in [-0.25, -0.2) is 0 Å². The minimum atomic E-state index is -0.123. The van der Waals surface area contributed by atoms with Gasteiger partial charge in [-0.3, -0.25) is 10.1 Å². The van der Waals surface area contributed by atoms with E-state index in [1.54, 1.807) is 12.1 Å². The quantitative estimate of drug-likeness (QED) is 0.551. The van der Waals surface area contributed by atoms with Crippen LogP contribution in [-0.2, 0) is 4.79 Å². The van der Waals surface area contributed by atoms with Crippen LogP contribution in [0.1, 0.15) is 12.5 Å². The van der Waals surface area contributed by atoms with Gasteiger partial charge in [0.15, 0.2) is 6.19 Å². The van der Waals surface area contributed by atoms with Gasteiger partial charge in [-0.15, -0.1) is 0 Å². The van der Waals surface area contributed by atoms with E-state index in [4.69, 9.17) is 5.26 Å². The third-order valence-corrected chi connectivity index (χ3v) is 1.75. The molecule has 0 aliphatic heterocycles. The number of carbonyl (C=O) groups is 1. The third-order valence-electron chi connectivity index (χ3n) is 1.75. The van der Waals surface area contributed by atoms with E-state index >= 15 is 0 Å². The van der Waals surface area contributed by atoms with Gasteiger partial charge in [0.25, 0.3) is 0 Å². The van der Waals surface area contributed by atoms with Crippen molar-refractivity contribution in [1.29, 1.82) is 5.26 Å². The van der Waals surface area contributed by atoms with E-state index in [9.17, 15) is 4.79 Å². The van der Waals surface area contributed by atoms with Crippen LogP contribution in [0.4, 0.5) is 11.4 Å². The van der Waals surface area contributed by atoms with Crippen LogP contribution >= 0.6 is 0 Å². The predicted molar refractivity (Wildman–Crippen MR) is 54.7 cm³/mol. The van der Waals surface area contributed by atoms with Crippen molar-refractivity contribution in [3.63, 3.8) is 0 Å². The summed E-state index contributed by atoms with van der Waals surface area (Å²) >= 11 is 0. The first-order chi connectivity index (χ1) is 6.63. The number of carbonyl (C=O) groups excluding carboxylic acids is 1. The molecule has 0 saturated heterocycles. The summed E-state index contributed by atoms with van der Waals surface area (Å²) in [6.45, 7) is 3.34. The van der Waals surface area contributed by atoms with Gasteiger partial charge in [0.05, 0.1) is 0 Å². The average Bonchev–Trinajstić information content (AvgIpc) is 2.10. The Morgan fingerprint density at radius 3 is 2.79 bits per heavy atom. The zero-order valence-electron chi connectivity index (χ0n) is 8.09. The molecule has 1 rings (SSSR count). The maximum absolute atomic E-state index is 10.8. The average molecular weight is 189 g/mol. The number of hydrogen-bond acceptors (Lipinski definition) is 3. The molecular formula is C10H11N3O. The number of nitrogens with zero attached hydrogens (tertiary/aromatic N) is 1. The standard InChI is InChI=1S/C10H11N3O/c1-7-3-4-9(12-6-11)5-10(7)13-8(2)14/h3-5,12H,1-2H3,(H,13,14). The van der Waals surface area contributed by atoms with Gasteiger partial charge in [0.2, 0.25) is 5.91 Å². The van der Waals surface area contributed by atoms with Crippen LogP contribution in [-0.4, -0.2) is 5.91 Å². The number of hydrogen-bond donors (Lipinski definition) is 2. The molecule has 2 N–H and O–H groups in total. The Labute approximate surface area is 82.5 Å². The van der Waals surface area contributed by atoms with Crippen LogP contribution in [0, 0.1) is 18.4 Å². The molecule has 0 aliphatic carbocycles. The van der Waals surface area contributed by atoms with Crippen LogP contribution < -0.4 is 10.6 Å². The lowest BCUT2D eigenvalue weighted by atomic mass is 10.2. The van der Waals surface area contributed by atoms with E-state index in [2.05, 4.69) is 10.6 Å². The van der Waals surface area contributed by atoms with E-state index in [0.717, 1.165) is 11.3 Å². The third kappa shape index (κ3) is 2.49. The van der Waals surface area contributed by atoms with Crippen molar-refractivity contribution in [3.05, 3.63) is 23.8 Å². The molecule has 0 bridgehead atoms. The number of benzene rings is 1. The minimum Gasteiger partial charge on any atom is -0.326 e. The Balaban J connectivity index is 2.97. The molecule has 1 aromatic rings. The van der Waals surface area contributed by atoms with Crippen molar-refractivity contribution >= 4 is 17.3 Å². The molecule has 1 aromatic carbocycles. The zero-order valence-corrected chi connectivity index (χ0v) is 8.09. The molecule has 0 saturated carbocycles. The number of rotatable bonds is 2. The van der Waals surface area contributed by atoms with Gasteiger partial charge in [-0.1, -0.05) is 6.07 Å². The molecule has 4 heteroatoms. The van der Waals surface area contributed by atoms with Gasteiger partial charge in [-0.05, 0) is 24.6 Å². The van der Waals surface area contributed by atoms with E-state index < -0.39 is 0 Å². The lowest BCUT2D eigenvalue weighted by Gasteiger charge is -2.07. The second kappa shape index (κ2) is 4.28. The molecule has 0 unspecified atom stereocenters. The molecule has 0 fully saturated rings. The monoisotopic (exact) mass is 189 g/mol. The van der Waals surface area contributed by atoms with Crippen molar-refractivity contribution in [2.45, 2.75) is 13.8 Å². The normalized spacial score (nSPS) is 8.93. The molecule has 0 radical (unpaired) electrons. The van der Waals surface area contributed by atoms with Crippen LogP contribution in [0.15, 0.2) is 18.2 Å². The number of nitrogens with one attached hydrogen (secondary N) is 2. The summed E-state index contributed by atoms with van der Waals surface area (Å²) in [5.74, 6) is -0.123. The first-order valence-electron chi connectivity index (χ1n) is 4.17. The summed E-state index contributed by atoms with van der Waals surface area (Å²) in [5.41, 5.74) is 2.35. The second-order valence-electron chi connectivity index (χ2n) is 2.95. The summed E-state index contributed by atoms with van der Waals surface area (Å²) in [6.07, 6.45) is 1.82.